The van der Waals surface area contributed by atoms with Gasteiger partial charge in [0.15, 0.2) is 5.71 Å². The van der Waals surface area contributed by atoms with Crippen molar-refractivity contribution < 1.29 is 4.79 Å². The Morgan fingerprint density at radius 2 is 1.87 bits per heavy atom. The largest absolute Gasteiger partial charge is 0.347 e. The summed E-state index contributed by atoms with van der Waals surface area (Å²) < 4.78 is 2.11. The third-order valence-electron chi connectivity index (χ3n) is 4.49. The lowest BCUT2D eigenvalue weighted by molar-refractivity contribution is -0.115. The van der Waals surface area contributed by atoms with Crippen LogP contribution in [0.15, 0.2) is 29.6 Å². The molecule has 1 aliphatic heterocycles. The van der Waals surface area contributed by atoms with Crippen molar-refractivity contribution in [2.75, 3.05) is 6.54 Å². The monoisotopic (exact) mass is 310 g/mol. The van der Waals surface area contributed by atoms with E-state index in [0.717, 1.165) is 22.4 Å². The fourth-order valence-electron chi connectivity index (χ4n) is 3.26. The van der Waals surface area contributed by atoms with Gasteiger partial charge in [-0.2, -0.15) is 5.10 Å². The highest BCUT2D eigenvalue weighted by Crippen LogP contribution is 2.32. The Morgan fingerprint density at radius 3 is 2.52 bits per heavy atom. The van der Waals surface area contributed by atoms with Crippen molar-refractivity contribution in [3.05, 3.63) is 52.3 Å². The fraction of sp³-hybridized carbons (Fsp3) is 0.333. The van der Waals surface area contributed by atoms with Crippen LogP contribution in [0.1, 0.15) is 34.7 Å². The smallest absolute Gasteiger partial charge is 0.272 e. The molecular weight excluding hydrogens is 288 g/mol. The fourth-order valence-corrected chi connectivity index (χ4v) is 3.26. The second-order valence-electron chi connectivity index (χ2n) is 5.82. The molecule has 1 amide bonds. The molecule has 2 aromatic rings. The van der Waals surface area contributed by atoms with Gasteiger partial charge in [-0.05, 0) is 62.1 Å². The first-order valence-electron chi connectivity index (χ1n) is 7.91. The molecule has 0 atom stereocenters. The minimum Gasteiger partial charge on any atom is -0.347 e. The van der Waals surface area contributed by atoms with Crippen LogP contribution < -0.4 is 10.7 Å². The summed E-state index contributed by atoms with van der Waals surface area (Å²) in [5.41, 5.74) is 10.2. The Labute approximate surface area is 136 Å². The van der Waals surface area contributed by atoms with E-state index in [9.17, 15) is 4.79 Å². The third kappa shape index (κ3) is 2.42. The van der Waals surface area contributed by atoms with Crippen molar-refractivity contribution in [2.45, 2.75) is 34.2 Å². The van der Waals surface area contributed by atoms with Crippen LogP contribution in [0.4, 0.5) is 0 Å². The van der Waals surface area contributed by atoms with Gasteiger partial charge >= 0.3 is 0 Å². The van der Waals surface area contributed by atoms with Crippen LogP contribution in [0, 0.1) is 20.8 Å². The van der Waals surface area contributed by atoms with Crippen LogP contribution in [-0.4, -0.2) is 22.7 Å². The van der Waals surface area contributed by atoms with Crippen molar-refractivity contribution in [1.29, 1.82) is 0 Å². The van der Waals surface area contributed by atoms with Crippen LogP contribution in [-0.2, 0) is 11.3 Å². The van der Waals surface area contributed by atoms with E-state index >= 15 is 0 Å². The number of carbonyl (C=O) groups is 1. The highest BCUT2D eigenvalue weighted by Gasteiger charge is 2.29. The number of hydrogen-bond donors (Lipinski definition) is 2. The van der Waals surface area contributed by atoms with Crippen LogP contribution in [0.25, 0.3) is 5.69 Å². The van der Waals surface area contributed by atoms with Gasteiger partial charge in [-0.3, -0.25) is 4.79 Å². The quantitative estimate of drug-likeness (QED) is 0.855. The summed E-state index contributed by atoms with van der Waals surface area (Å²) in [7, 11) is 0. The van der Waals surface area contributed by atoms with E-state index in [-0.39, 0.29) is 5.91 Å². The second kappa shape index (κ2) is 5.91. The summed E-state index contributed by atoms with van der Waals surface area (Å²) >= 11 is 0. The Morgan fingerprint density at radius 1 is 1.17 bits per heavy atom. The van der Waals surface area contributed by atoms with Gasteiger partial charge in [0, 0.05) is 31.0 Å². The molecule has 0 saturated carbocycles. The highest BCUT2D eigenvalue weighted by atomic mass is 16.2. The van der Waals surface area contributed by atoms with E-state index in [4.69, 9.17) is 0 Å². The summed E-state index contributed by atoms with van der Waals surface area (Å²) in [6, 6.07) is 4.02. The highest BCUT2D eigenvalue weighted by molar-refractivity contribution is 6.46. The topological polar surface area (TPSA) is 58.4 Å². The van der Waals surface area contributed by atoms with Gasteiger partial charge in [-0.25, -0.2) is 0 Å². The average molecular weight is 310 g/mol. The maximum Gasteiger partial charge on any atom is 0.272 e. The summed E-state index contributed by atoms with van der Waals surface area (Å²) in [5, 5.41) is 7.25. The number of benzene rings is 1. The lowest BCUT2D eigenvalue weighted by Gasteiger charge is -2.27. The Hall–Kier alpha value is -2.56. The van der Waals surface area contributed by atoms with Crippen molar-refractivity contribution in [1.82, 2.24) is 15.3 Å². The molecule has 120 valence electrons. The van der Waals surface area contributed by atoms with Crippen LogP contribution in [0.5, 0.6) is 0 Å². The second-order valence-corrected chi connectivity index (χ2v) is 5.82. The van der Waals surface area contributed by atoms with Gasteiger partial charge < -0.3 is 15.3 Å². The molecule has 0 fully saturated rings. The number of carbonyl (C=O) groups excluding carboxylic acids is 1. The van der Waals surface area contributed by atoms with Crippen LogP contribution in [0.3, 0.4) is 0 Å². The first-order valence-corrected chi connectivity index (χ1v) is 7.91. The Bertz CT molecular complexity index is 788. The third-order valence-corrected chi connectivity index (χ3v) is 4.49. The number of amides is 1. The van der Waals surface area contributed by atoms with Crippen LogP contribution >= 0.6 is 0 Å². The summed E-state index contributed by atoms with van der Waals surface area (Å²) in [6.45, 7) is 9.52. The minimum absolute atomic E-state index is 0.122. The van der Waals surface area contributed by atoms with Gasteiger partial charge in [0.25, 0.3) is 5.91 Å². The molecule has 3 rings (SSSR count). The molecule has 0 saturated heterocycles. The number of nitrogens with one attached hydrogen (secondary N) is 2. The molecule has 1 aromatic heterocycles. The predicted octanol–water partition coefficient (Wildman–Crippen LogP) is 2.35. The van der Waals surface area contributed by atoms with Gasteiger partial charge in [0.1, 0.15) is 0 Å². The molecule has 1 aromatic carbocycles. The Kier molecular flexibility index (Phi) is 3.94. The number of nitrogens with zero attached hydrogens (tertiary/aromatic N) is 2. The molecule has 0 bridgehead atoms. The van der Waals surface area contributed by atoms with Gasteiger partial charge in [0.05, 0.1) is 5.69 Å². The van der Waals surface area contributed by atoms with Crippen molar-refractivity contribution in [2.24, 2.45) is 5.10 Å². The zero-order valence-electron chi connectivity index (χ0n) is 14.0. The molecule has 2 N–H and O–H groups in total. The number of hydrazone groups is 1. The first kappa shape index (κ1) is 15.3. The molecule has 0 radical (unpaired) electrons. The van der Waals surface area contributed by atoms with E-state index in [0.29, 0.717) is 18.8 Å². The zero-order chi connectivity index (χ0) is 16.6. The van der Waals surface area contributed by atoms with E-state index in [2.05, 4.69) is 41.2 Å². The minimum atomic E-state index is -0.122. The van der Waals surface area contributed by atoms with Gasteiger partial charge in [-0.15, -0.1) is 0 Å². The number of aromatic nitrogens is 1. The standard InChI is InChI=1S/C18H22N4O/c1-5-20-21-16-15-13(4)17(22-8-6-7-9-22)12(3)11(2)14(15)10-19-18(16)23/h6-9,20H,5,10H2,1-4H3,(H,19,23)/b21-16-. The van der Waals surface area contributed by atoms with Gasteiger partial charge in [0.2, 0.25) is 0 Å². The van der Waals surface area contributed by atoms with E-state index in [1.165, 1.54) is 11.1 Å². The van der Waals surface area contributed by atoms with Crippen molar-refractivity contribution in [3.63, 3.8) is 0 Å². The lowest BCUT2D eigenvalue weighted by Crippen LogP contribution is -2.39. The molecule has 2 heterocycles. The Balaban J connectivity index is 2.31. The summed E-state index contributed by atoms with van der Waals surface area (Å²) in [5.74, 6) is -0.122. The first-order chi connectivity index (χ1) is 11.1. The molecule has 0 unspecified atom stereocenters. The zero-order valence-corrected chi connectivity index (χ0v) is 14.0. The molecular formula is C18H22N4O. The molecule has 23 heavy (non-hydrogen) atoms. The molecule has 5 heteroatoms. The number of hydrogen-bond acceptors (Lipinski definition) is 3. The van der Waals surface area contributed by atoms with Crippen molar-refractivity contribution >= 4 is 11.6 Å². The lowest BCUT2D eigenvalue weighted by atomic mass is 9.86. The van der Waals surface area contributed by atoms with E-state index in [1.807, 2.05) is 31.5 Å². The maximum atomic E-state index is 12.3. The molecule has 1 aliphatic rings. The van der Waals surface area contributed by atoms with Gasteiger partial charge in [-0.1, -0.05) is 0 Å². The molecule has 5 nitrogen and oxygen atoms in total. The summed E-state index contributed by atoms with van der Waals surface area (Å²) in [6.07, 6.45) is 4.07. The molecule has 0 spiro atoms. The van der Waals surface area contributed by atoms with Crippen molar-refractivity contribution in [3.8, 4) is 5.69 Å². The molecule has 0 aliphatic carbocycles. The predicted molar refractivity (Wildman–Crippen MR) is 92.0 cm³/mol. The van der Waals surface area contributed by atoms with E-state index < -0.39 is 0 Å². The summed E-state index contributed by atoms with van der Waals surface area (Å²) in [4.78, 5) is 12.3. The number of rotatable bonds is 3. The maximum absolute atomic E-state index is 12.3. The van der Waals surface area contributed by atoms with Crippen LogP contribution in [0.2, 0.25) is 0 Å². The number of fused-ring (bicyclic) bond motifs is 1. The van der Waals surface area contributed by atoms with E-state index in [1.54, 1.807) is 0 Å². The normalized spacial score (nSPS) is 15.5. The average Bonchev–Trinajstić information content (AvgIpc) is 3.05. The SMILES string of the molecule is CCN/N=C1\C(=O)NCc2c(C)c(C)c(-n3cccc3)c(C)c21.